The van der Waals surface area contributed by atoms with Crippen molar-refractivity contribution in [2.75, 3.05) is 5.84 Å². The van der Waals surface area contributed by atoms with Gasteiger partial charge in [0, 0.05) is 12.1 Å². The molecule has 7 nitrogen and oxygen atoms in total. The molecule has 12 heteroatoms. The Bertz CT molecular complexity index is 1250. The predicted molar refractivity (Wildman–Crippen MR) is 104 cm³/mol. The first-order valence-corrected chi connectivity index (χ1v) is 8.49. The van der Waals surface area contributed by atoms with Crippen molar-refractivity contribution in [2.45, 2.75) is 6.18 Å². The maximum Gasteiger partial charge on any atom is 0.433 e. The lowest BCUT2D eigenvalue weighted by Gasteiger charge is -2.16. The highest BCUT2D eigenvalue weighted by molar-refractivity contribution is 7.80. The van der Waals surface area contributed by atoms with Crippen LogP contribution in [-0.2, 0) is 6.18 Å². The molecule has 0 aliphatic rings. The number of aromatic nitrogens is 2. The Morgan fingerprint density at radius 1 is 1.07 bits per heavy atom. The van der Waals surface area contributed by atoms with E-state index in [1.807, 2.05) is 0 Å². The molecular formula is C18H12F4N4O3S. The monoisotopic (exact) mass is 440 g/mol. The van der Waals surface area contributed by atoms with Crippen LogP contribution in [0.25, 0.3) is 5.69 Å². The van der Waals surface area contributed by atoms with Gasteiger partial charge in [0.15, 0.2) is 5.69 Å². The highest BCUT2D eigenvalue weighted by Gasteiger charge is 2.36. The standard InChI is InChI=1S/C18H12F4N4O3S/c19-11-6-10(16(23)30)13(29-9-4-2-1-3-5-9)7-12(11)25-15(27)8-14(18(20,21)22)26(24)17(25)28/h1-8H,24H2,(H2,23,30). The van der Waals surface area contributed by atoms with E-state index >= 15 is 0 Å². The number of hydrogen-bond donors (Lipinski definition) is 2. The second kappa shape index (κ2) is 7.63. The molecule has 0 fully saturated rings. The van der Waals surface area contributed by atoms with E-state index in [1.54, 1.807) is 30.3 Å². The fourth-order valence-corrected chi connectivity index (χ4v) is 2.76. The zero-order valence-electron chi connectivity index (χ0n) is 14.8. The predicted octanol–water partition coefficient (Wildman–Crippen LogP) is 2.30. The van der Waals surface area contributed by atoms with Crippen molar-refractivity contribution in [3.63, 3.8) is 0 Å². The van der Waals surface area contributed by atoms with Crippen LogP contribution in [0.5, 0.6) is 11.5 Å². The Balaban J connectivity index is 2.26. The van der Waals surface area contributed by atoms with Crippen LogP contribution in [0.3, 0.4) is 0 Å². The lowest BCUT2D eigenvalue weighted by molar-refractivity contribution is -0.143. The van der Waals surface area contributed by atoms with Gasteiger partial charge in [-0.05, 0) is 18.2 Å². The molecule has 1 aromatic heterocycles. The number of thiocarbonyl (C=S) groups is 1. The number of alkyl halides is 3. The second-order valence-corrected chi connectivity index (χ2v) is 6.37. The number of ether oxygens (including phenoxy) is 1. The second-order valence-electron chi connectivity index (χ2n) is 5.93. The Morgan fingerprint density at radius 3 is 2.27 bits per heavy atom. The van der Waals surface area contributed by atoms with Gasteiger partial charge in [0.2, 0.25) is 0 Å². The van der Waals surface area contributed by atoms with E-state index in [0.29, 0.717) is 5.75 Å². The molecule has 156 valence electrons. The van der Waals surface area contributed by atoms with Gasteiger partial charge < -0.3 is 16.3 Å². The quantitative estimate of drug-likeness (QED) is 0.367. The summed E-state index contributed by atoms with van der Waals surface area (Å²) < 4.78 is 59.0. The van der Waals surface area contributed by atoms with Gasteiger partial charge in [-0.2, -0.15) is 13.2 Å². The summed E-state index contributed by atoms with van der Waals surface area (Å²) in [5, 5.41) is 0. The lowest BCUT2D eigenvalue weighted by Crippen LogP contribution is -2.45. The van der Waals surface area contributed by atoms with E-state index in [1.165, 1.54) is 0 Å². The largest absolute Gasteiger partial charge is 0.457 e. The van der Waals surface area contributed by atoms with Crippen LogP contribution >= 0.6 is 12.2 Å². The molecule has 2 aromatic carbocycles. The summed E-state index contributed by atoms with van der Waals surface area (Å²) in [5.74, 6) is 4.21. The van der Waals surface area contributed by atoms with Crippen LogP contribution in [0.4, 0.5) is 17.6 Å². The molecule has 0 saturated heterocycles. The van der Waals surface area contributed by atoms with Crippen LogP contribution in [0, 0.1) is 5.82 Å². The number of rotatable bonds is 4. The van der Waals surface area contributed by atoms with E-state index in [4.69, 9.17) is 28.5 Å². The molecule has 0 atom stereocenters. The summed E-state index contributed by atoms with van der Waals surface area (Å²) in [6.07, 6.45) is -5.07. The molecule has 0 amide bonds. The van der Waals surface area contributed by atoms with Crippen molar-refractivity contribution in [3.05, 3.63) is 86.4 Å². The summed E-state index contributed by atoms with van der Waals surface area (Å²) in [6.45, 7) is 0. The van der Waals surface area contributed by atoms with E-state index in [0.717, 1.165) is 12.1 Å². The smallest absolute Gasteiger partial charge is 0.433 e. The van der Waals surface area contributed by atoms with Crippen molar-refractivity contribution in [3.8, 4) is 17.2 Å². The summed E-state index contributed by atoms with van der Waals surface area (Å²) in [6, 6.07) is 9.94. The third-order valence-electron chi connectivity index (χ3n) is 3.95. The number of halogens is 4. The van der Waals surface area contributed by atoms with Gasteiger partial charge in [0.05, 0.1) is 11.3 Å². The maximum absolute atomic E-state index is 14.7. The van der Waals surface area contributed by atoms with E-state index < -0.39 is 34.6 Å². The van der Waals surface area contributed by atoms with Gasteiger partial charge in [-0.15, -0.1) is 0 Å². The first-order valence-electron chi connectivity index (χ1n) is 8.08. The fourth-order valence-electron chi connectivity index (χ4n) is 2.60. The Labute approximate surface area is 170 Å². The van der Waals surface area contributed by atoms with Gasteiger partial charge in [-0.25, -0.2) is 18.4 Å². The third kappa shape index (κ3) is 3.89. The fraction of sp³-hybridized carbons (Fsp3) is 0.0556. The zero-order valence-corrected chi connectivity index (χ0v) is 15.6. The molecule has 4 N–H and O–H groups in total. The molecule has 0 aliphatic carbocycles. The van der Waals surface area contributed by atoms with Crippen molar-refractivity contribution in [1.29, 1.82) is 0 Å². The first-order chi connectivity index (χ1) is 14.0. The zero-order chi connectivity index (χ0) is 22.2. The molecule has 0 spiro atoms. The number of nitrogens with zero attached hydrogens (tertiary/aromatic N) is 2. The first kappa shape index (κ1) is 21.0. The number of benzene rings is 2. The van der Waals surface area contributed by atoms with Crippen molar-refractivity contribution in [2.24, 2.45) is 5.73 Å². The molecule has 30 heavy (non-hydrogen) atoms. The third-order valence-corrected chi connectivity index (χ3v) is 4.17. The minimum Gasteiger partial charge on any atom is -0.457 e. The molecule has 1 heterocycles. The van der Waals surface area contributed by atoms with Gasteiger partial charge >= 0.3 is 11.9 Å². The van der Waals surface area contributed by atoms with Crippen molar-refractivity contribution in [1.82, 2.24) is 9.24 Å². The highest BCUT2D eigenvalue weighted by atomic mass is 32.1. The number of nitrogens with two attached hydrogens (primary N) is 2. The van der Waals surface area contributed by atoms with E-state index in [-0.39, 0.29) is 31.6 Å². The number of hydrogen-bond acceptors (Lipinski definition) is 5. The van der Waals surface area contributed by atoms with Crippen LogP contribution in [0.1, 0.15) is 11.3 Å². The molecule has 0 unspecified atom stereocenters. The SMILES string of the molecule is NC(=S)c1cc(F)c(-n2c(=O)cc(C(F)(F)F)n(N)c2=O)cc1Oc1ccccc1. The van der Waals surface area contributed by atoms with Crippen LogP contribution in [-0.4, -0.2) is 14.2 Å². The molecule has 3 aromatic rings. The lowest BCUT2D eigenvalue weighted by atomic mass is 10.1. The molecule has 0 saturated carbocycles. The molecule has 0 aliphatic heterocycles. The topological polar surface area (TPSA) is 105 Å². The number of para-hydroxylation sites is 1. The average molecular weight is 440 g/mol. The van der Waals surface area contributed by atoms with Crippen LogP contribution in [0.2, 0.25) is 0 Å². The normalized spacial score (nSPS) is 11.3. The minimum absolute atomic E-state index is 0.0527. The summed E-state index contributed by atoms with van der Waals surface area (Å²) in [7, 11) is 0. The number of nitrogen functional groups attached to an aromatic ring is 1. The molecule has 0 bridgehead atoms. The van der Waals surface area contributed by atoms with Crippen LogP contribution in [0.15, 0.2) is 58.1 Å². The summed E-state index contributed by atoms with van der Waals surface area (Å²) in [4.78, 5) is 24.3. The maximum atomic E-state index is 14.7. The van der Waals surface area contributed by atoms with Gasteiger partial charge in [0.25, 0.3) is 5.56 Å². The van der Waals surface area contributed by atoms with Crippen molar-refractivity contribution < 1.29 is 22.3 Å². The van der Waals surface area contributed by atoms with Gasteiger partial charge in [-0.1, -0.05) is 30.4 Å². The Morgan fingerprint density at radius 2 is 1.70 bits per heavy atom. The van der Waals surface area contributed by atoms with E-state index in [9.17, 15) is 27.2 Å². The Kier molecular flexibility index (Phi) is 5.35. The van der Waals surface area contributed by atoms with Crippen molar-refractivity contribution >= 4 is 17.2 Å². The Hall–Kier alpha value is -3.67. The van der Waals surface area contributed by atoms with E-state index in [2.05, 4.69) is 0 Å². The summed E-state index contributed by atoms with van der Waals surface area (Å²) >= 11 is 4.87. The van der Waals surface area contributed by atoms with Crippen LogP contribution < -0.4 is 27.6 Å². The minimum atomic E-state index is -5.07. The molecular weight excluding hydrogens is 428 g/mol. The molecule has 0 radical (unpaired) electrons. The molecule has 3 rings (SSSR count). The highest BCUT2D eigenvalue weighted by Crippen LogP contribution is 2.30. The van der Waals surface area contributed by atoms with Gasteiger partial charge in [0.1, 0.15) is 22.3 Å². The average Bonchev–Trinajstić information content (AvgIpc) is 2.66. The van der Waals surface area contributed by atoms with Gasteiger partial charge in [-0.3, -0.25) is 4.79 Å². The summed E-state index contributed by atoms with van der Waals surface area (Å²) in [5.41, 5.74) is 0.102.